The molecule has 12 nitrogen and oxygen atoms in total. The first kappa shape index (κ1) is 31.0. The predicted molar refractivity (Wildman–Crippen MR) is 170 cm³/mol. The molecule has 1 aliphatic heterocycles. The summed E-state index contributed by atoms with van der Waals surface area (Å²) >= 11 is 0. The molecule has 45 heavy (non-hydrogen) atoms. The minimum absolute atomic E-state index is 0.215. The van der Waals surface area contributed by atoms with Gasteiger partial charge in [0.1, 0.15) is 17.3 Å². The van der Waals surface area contributed by atoms with Gasteiger partial charge in [-0.1, -0.05) is 26.8 Å². The summed E-state index contributed by atoms with van der Waals surface area (Å²) < 4.78 is 7.40. The van der Waals surface area contributed by atoms with Crippen LogP contribution in [0.1, 0.15) is 49.7 Å². The van der Waals surface area contributed by atoms with Gasteiger partial charge in [-0.3, -0.25) is 15.1 Å². The van der Waals surface area contributed by atoms with Crippen LogP contribution in [-0.4, -0.2) is 62.4 Å². The van der Waals surface area contributed by atoms with E-state index in [0.717, 1.165) is 5.69 Å². The molecule has 0 bridgehead atoms. The second-order valence-electron chi connectivity index (χ2n) is 11.9. The second-order valence-corrected chi connectivity index (χ2v) is 11.9. The van der Waals surface area contributed by atoms with E-state index in [9.17, 15) is 14.4 Å². The Morgan fingerprint density at radius 3 is 2.29 bits per heavy atom. The topological polar surface area (TPSA) is 151 Å². The van der Waals surface area contributed by atoms with E-state index in [4.69, 9.17) is 14.9 Å². The summed E-state index contributed by atoms with van der Waals surface area (Å²) in [7, 11) is 0. The van der Waals surface area contributed by atoms with Crippen molar-refractivity contribution in [3.8, 4) is 17.2 Å². The average molecular weight is 612 g/mol. The smallest absolute Gasteiger partial charge is 0.407 e. The number of hydrogen-bond donors (Lipinski definition) is 4. The molecule has 0 atom stereocenters. The molecule has 234 valence electrons. The highest BCUT2D eigenvalue weighted by Crippen LogP contribution is 2.27. The zero-order valence-electron chi connectivity index (χ0n) is 25.5. The van der Waals surface area contributed by atoms with E-state index in [1.165, 1.54) is 4.90 Å². The number of benzene rings is 2. The number of carbonyl (C=O) groups is 3. The lowest BCUT2D eigenvalue weighted by Gasteiger charge is -2.30. The summed E-state index contributed by atoms with van der Waals surface area (Å²) in [5.41, 5.74) is 2.10. The Bertz CT molecular complexity index is 1640. The molecule has 2 aromatic carbocycles. The van der Waals surface area contributed by atoms with Crippen LogP contribution in [0.15, 0.2) is 79.1 Å². The molecule has 4 amide bonds. The lowest BCUT2D eigenvalue weighted by Crippen LogP contribution is -2.40. The molecule has 4 N–H and O–H groups in total. The van der Waals surface area contributed by atoms with Gasteiger partial charge in [0.2, 0.25) is 0 Å². The van der Waals surface area contributed by atoms with Crippen LogP contribution < -0.4 is 20.7 Å². The van der Waals surface area contributed by atoms with Crippen LogP contribution in [0.2, 0.25) is 0 Å². The van der Waals surface area contributed by atoms with Crippen LogP contribution in [0.3, 0.4) is 0 Å². The Morgan fingerprint density at radius 1 is 0.933 bits per heavy atom. The van der Waals surface area contributed by atoms with E-state index >= 15 is 0 Å². The summed E-state index contributed by atoms with van der Waals surface area (Å²) in [4.78, 5) is 42.7. The molecular formula is C33H37N7O5. The van der Waals surface area contributed by atoms with Crippen LogP contribution in [0.5, 0.6) is 11.5 Å². The maximum Gasteiger partial charge on any atom is 0.407 e. The van der Waals surface area contributed by atoms with Crippen molar-refractivity contribution in [2.24, 2.45) is 5.92 Å². The molecule has 2 aromatic heterocycles. The molecule has 0 spiro atoms. The summed E-state index contributed by atoms with van der Waals surface area (Å²) in [6.07, 6.45) is 3.79. The summed E-state index contributed by atoms with van der Waals surface area (Å²) in [5.74, 6) is 1.70. The van der Waals surface area contributed by atoms with Gasteiger partial charge in [0.15, 0.2) is 0 Å². The SMILES string of the molecule is CC(C)(C)c1cc(NC(=O)Nc2ccc(Oc3ccncc3)cc2)n(-c2cccc(C(=O)NCC3CCN(C(=O)O)CC3)c2)n1. The van der Waals surface area contributed by atoms with Gasteiger partial charge in [0.05, 0.1) is 11.4 Å². The molecule has 0 saturated carbocycles. The number of carboxylic acid groups (broad SMARTS) is 1. The minimum atomic E-state index is -0.907. The molecule has 1 fully saturated rings. The number of piperidine rings is 1. The maximum absolute atomic E-state index is 13.1. The number of pyridine rings is 1. The Kier molecular flexibility index (Phi) is 9.31. The fourth-order valence-corrected chi connectivity index (χ4v) is 4.91. The number of urea groups is 1. The molecule has 3 heterocycles. The van der Waals surface area contributed by atoms with Crippen LogP contribution in [0, 0.1) is 5.92 Å². The summed E-state index contributed by atoms with van der Waals surface area (Å²) in [6, 6.07) is 18.9. The highest BCUT2D eigenvalue weighted by molar-refractivity contribution is 5.99. The number of ether oxygens (including phenoxy) is 1. The standard InChI is InChI=1S/C33H37N7O5/c1-33(2,3)28-20-29(37-31(42)36-24-7-9-26(10-8-24)45-27-11-15-34-16-12-27)40(38-28)25-6-4-5-23(19-25)30(41)35-21-22-13-17-39(18-14-22)32(43)44/h4-12,15-16,19-20,22H,13-14,17-18,21H2,1-3H3,(H,35,41)(H,43,44)(H2,36,37,42). The number of nitrogens with zero attached hydrogens (tertiary/aromatic N) is 4. The van der Waals surface area contributed by atoms with Gasteiger partial charge in [-0.15, -0.1) is 0 Å². The number of carbonyl (C=O) groups excluding carboxylic acids is 2. The monoisotopic (exact) mass is 611 g/mol. The summed E-state index contributed by atoms with van der Waals surface area (Å²) in [6.45, 7) is 7.50. The number of anilines is 2. The Hall–Kier alpha value is -5.39. The summed E-state index contributed by atoms with van der Waals surface area (Å²) in [5, 5.41) is 22.7. The Labute approximate surface area is 261 Å². The van der Waals surface area contributed by atoms with Crippen molar-refractivity contribution in [3.05, 3.63) is 90.4 Å². The lowest BCUT2D eigenvalue weighted by molar-refractivity contribution is 0.0928. The van der Waals surface area contributed by atoms with Crippen molar-refractivity contribution in [2.45, 2.75) is 39.0 Å². The van der Waals surface area contributed by atoms with Gasteiger partial charge >= 0.3 is 12.1 Å². The normalized spacial score (nSPS) is 13.6. The highest BCUT2D eigenvalue weighted by atomic mass is 16.5. The van der Waals surface area contributed by atoms with Gasteiger partial charge in [-0.25, -0.2) is 14.3 Å². The molecule has 4 aromatic rings. The molecule has 0 radical (unpaired) electrons. The molecule has 12 heteroatoms. The van der Waals surface area contributed by atoms with Crippen molar-refractivity contribution in [3.63, 3.8) is 0 Å². The van der Waals surface area contributed by atoms with E-state index in [1.807, 2.05) is 32.9 Å². The van der Waals surface area contributed by atoms with E-state index in [1.54, 1.807) is 71.7 Å². The third-order valence-corrected chi connectivity index (χ3v) is 7.51. The highest BCUT2D eigenvalue weighted by Gasteiger charge is 2.24. The van der Waals surface area contributed by atoms with Crippen molar-refractivity contribution in [1.82, 2.24) is 25.0 Å². The lowest BCUT2D eigenvalue weighted by atomic mass is 9.92. The molecule has 5 rings (SSSR count). The van der Waals surface area contributed by atoms with Gasteiger partial charge < -0.3 is 25.4 Å². The van der Waals surface area contributed by atoms with Gasteiger partial charge in [0, 0.05) is 54.8 Å². The first-order valence-corrected chi connectivity index (χ1v) is 14.8. The first-order valence-electron chi connectivity index (χ1n) is 14.8. The molecular weight excluding hydrogens is 574 g/mol. The molecule has 1 aliphatic rings. The van der Waals surface area contributed by atoms with E-state index < -0.39 is 12.1 Å². The largest absolute Gasteiger partial charge is 0.465 e. The third kappa shape index (κ3) is 8.17. The molecule has 1 saturated heterocycles. The number of rotatable bonds is 8. The van der Waals surface area contributed by atoms with Crippen LogP contribution >= 0.6 is 0 Å². The number of hydrogen-bond acceptors (Lipinski definition) is 6. The van der Waals surface area contributed by atoms with E-state index in [-0.39, 0.29) is 17.2 Å². The zero-order chi connectivity index (χ0) is 32.0. The van der Waals surface area contributed by atoms with Gasteiger partial charge in [0.25, 0.3) is 5.91 Å². The first-order chi connectivity index (χ1) is 21.5. The zero-order valence-corrected chi connectivity index (χ0v) is 25.5. The number of nitrogens with one attached hydrogen (secondary N) is 3. The van der Waals surface area contributed by atoms with E-state index in [0.29, 0.717) is 66.7 Å². The maximum atomic E-state index is 13.1. The van der Waals surface area contributed by atoms with Crippen LogP contribution in [0.25, 0.3) is 5.69 Å². The fraction of sp³-hybridized carbons (Fsp3) is 0.303. The molecule has 0 aliphatic carbocycles. The van der Waals surface area contributed by atoms with Gasteiger partial charge in [-0.05, 0) is 73.4 Å². The van der Waals surface area contributed by atoms with Crippen molar-refractivity contribution < 1.29 is 24.2 Å². The number of aromatic nitrogens is 3. The van der Waals surface area contributed by atoms with Crippen molar-refractivity contribution in [1.29, 1.82) is 0 Å². The number of likely N-dealkylation sites (tertiary alicyclic amines) is 1. The van der Waals surface area contributed by atoms with Gasteiger partial charge in [-0.2, -0.15) is 5.10 Å². The Morgan fingerprint density at radius 2 is 1.62 bits per heavy atom. The fourth-order valence-electron chi connectivity index (χ4n) is 4.91. The third-order valence-electron chi connectivity index (χ3n) is 7.51. The molecule has 0 unspecified atom stereocenters. The van der Waals surface area contributed by atoms with Crippen LogP contribution in [0.4, 0.5) is 21.1 Å². The quantitative estimate of drug-likeness (QED) is 0.187. The predicted octanol–water partition coefficient (Wildman–Crippen LogP) is 6.12. The van der Waals surface area contributed by atoms with Crippen molar-refractivity contribution in [2.75, 3.05) is 30.3 Å². The Balaban J connectivity index is 1.26. The average Bonchev–Trinajstić information content (AvgIpc) is 3.46. The minimum Gasteiger partial charge on any atom is -0.465 e. The van der Waals surface area contributed by atoms with Crippen molar-refractivity contribution >= 4 is 29.5 Å². The van der Waals surface area contributed by atoms with E-state index in [2.05, 4.69) is 20.9 Å². The second kappa shape index (κ2) is 13.5. The number of amides is 4. The van der Waals surface area contributed by atoms with Crippen LogP contribution in [-0.2, 0) is 5.41 Å².